The van der Waals surface area contributed by atoms with Crippen molar-refractivity contribution >= 4 is 6.03 Å². The highest BCUT2D eigenvalue weighted by atomic mass is 16.2. The van der Waals surface area contributed by atoms with E-state index < -0.39 is 0 Å². The van der Waals surface area contributed by atoms with Crippen molar-refractivity contribution in [1.82, 2.24) is 15.2 Å². The van der Waals surface area contributed by atoms with E-state index >= 15 is 0 Å². The van der Waals surface area contributed by atoms with E-state index in [0.29, 0.717) is 6.54 Å². The Hall–Kier alpha value is -1.96. The molecule has 0 saturated carbocycles. The standard InChI is InChI=1S/C8H8N4O/c9-5-12-4-7(11-8(12)13)6-2-1-3-10-6/h1-3,7,10H,4H2,(H,11,13). The first kappa shape index (κ1) is 7.68. The van der Waals surface area contributed by atoms with Crippen LogP contribution in [0.5, 0.6) is 0 Å². The Morgan fingerprint density at radius 1 is 1.69 bits per heavy atom. The third-order valence-electron chi connectivity index (χ3n) is 2.03. The van der Waals surface area contributed by atoms with Crippen LogP contribution in [0.1, 0.15) is 11.7 Å². The molecule has 66 valence electrons. The van der Waals surface area contributed by atoms with Crippen molar-refractivity contribution in [3.63, 3.8) is 0 Å². The zero-order valence-electron chi connectivity index (χ0n) is 6.82. The third-order valence-corrected chi connectivity index (χ3v) is 2.03. The molecule has 1 unspecified atom stereocenters. The molecule has 2 N–H and O–H groups in total. The minimum absolute atomic E-state index is 0.0952. The lowest BCUT2D eigenvalue weighted by Crippen LogP contribution is -2.23. The maximum Gasteiger partial charge on any atom is 0.331 e. The molecule has 0 spiro atoms. The number of hydrogen-bond donors (Lipinski definition) is 2. The van der Waals surface area contributed by atoms with E-state index in [1.165, 1.54) is 0 Å². The molecule has 1 fully saturated rings. The fourth-order valence-electron chi connectivity index (χ4n) is 1.36. The van der Waals surface area contributed by atoms with Gasteiger partial charge in [-0.05, 0) is 12.1 Å². The van der Waals surface area contributed by atoms with Gasteiger partial charge in [-0.2, -0.15) is 5.26 Å². The quantitative estimate of drug-likeness (QED) is 0.614. The van der Waals surface area contributed by atoms with Crippen molar-refractivity contribution in [2.45, 2.75) is 6.04 Å². The summed E-state index contributed by atoms with van der Waals surface area (Å²) in [4.78, 5) is 15.2. The predicted molar refractivity (Wildman–Crippen MR) is 44.4 cm³/mol. The van der Waals surface area contributed by atoms with E-state index in [1.807, 2.05) is 18.3 Å². The van der Waals surface area contributed by atoms with Crippen molar-refractivity contribution in [3.05, 3.63) is 24.0 Å². The van der Waals surface area contributed by atoms with Gasteiger partial charge in [0.15, 0.2) is 6.19 Å². The number of nitriles is 1. The number of H-pyrrole nitrogens is 1. The summed E-state index contributed by atoms with van der Waals surface area (Å²) in [5, 5.41) is 11.2. The van der Waals surface area contributed by atoms with Crippen molar-refractivity contribution in [1.29, 1.82) is 5.26 Å². The molecule has 0 aromatic carbocycles. The minimum Gasteiger partial charge on any atom is -0.363 e. The lowest BCUT2D eigenvalue weighted by atomic mass is 10.2. The van der Waals surface area contributed by atoms with Crippen LogP contribution in [0.3, 0.4) is 0 Å². The molecule has 2 amide bonds. The first-order chi connectivity index (χ1) is 6.31. The average molecular weight is 176 g/mol. The van der Waals surface area contributed by atoms with Gasteiger partial charge in [0.2, 0.25) is 0 Å². The van der Waals surface area contributed by atoms with E-state index in [-0.39, 0.29) is 12.1 Å². The number of carbonyl (C=O) groups is 1. The van der Waals surface area contributed by atoms with Crippen molar-refractivity contribution in [3.8, 4) is 6.19 Å². The van der Waals surface area contributed by atoms with E-state index in [1.54, 1.807) is 6.20 Å². The number of nitrogens with one attached hydrogen (secondary N) is 2. The highest BCUT2D eigenvalue weighted by Gasteiger charge is 2.29. The highest BCUT2D eigenvalue weighted by molar-refractivity contribution is 5.78. The number of rotatable bonds is 1. The van der Waals surface area contributed by atoms with E-state index in [0.717, 1.165) is 10.6 Å². The molecular formula is C8H8N4O. The van der Waals surface area contributed by atoms with Crippen LogP contribution in [0, 0.1) is 11.5 Å². The molecular weight excluding hydrogens is 168 g/mol. The molecule has 1 aliphatic heterocycles. The smallest absolute Gasteiger partial charge is 0.331 e. The van der Waals surface area contributed by atoms with Crippen LogP contribution in [-0.2, 0) is 0 Å². The van der Waals surface area contributed by atoms with Crippen LogP contribution in [0.25, 0.3) is 0 Å². The Bertz CT molecular complexity index is 351. The van der Waals surface area contributed by atoms with E-state index in [9.17, 15) is 4.79 Å². The second-order valence-corrected chi connectivity index (χ2v) is 2.84. The fourth-order valence-corrected chi connectivity index (χ4v) is 1.36. The molecule has 1 saturated heterocycles. The third kappa shape index (κ3) is 1.22. The molecule has 0 radical (unpaired) electrons. The normalized spacial score (nSPS) is 21.3. The van der Waals surface area contributed by atoms with Crippen molar-refractivity contribution in [2.75, 3.05) is 6.54 Å². The molecule has 13 heavy (non-hydrogen) atoms. The molecule has 1 aromatic rings. The Morgan fingerprint density at radius 3 is 3.08 bits per heavy atom. The van der Waals surface area contributed by atoms with E-state index in [2.05, 4.69) is 10.3 Å². The van der Waals surface area contributed by atoms with Gasteiger partial charge in [0.25, 0.3) is 0 Å². The largest absolute Gasteiger partial charge is 0.363 e. The van der Waals surface area contributed by atoms with Crippen LogP contribution >= 0.6 is 0 Å². The average Bonchev–Trinajstić information content (AvgIpc) is 2.71. The Balaban J connectivity index is 2.15. The number of carbonyl (C=O) groups excluding carboxylic acids is 1. The zero-order valence-corrected chi connectivity index (χ0v) is 6.82. The highest BCUT2D eigenvalue weighted by Crippen LogP contribution is 2.17. The number of urea groups is 1. The van der Waals surface area contributed by atoms with Gasteiger partial charge in [-0.1, -0.05) is 0 Å². The second kappa shape index (κ2) is 2.83. The van der Waals surface area contributed by atoms with Gasteiger partial charge in [-0.3, -0.25) is 0 Å². The Labute approximate surface area is 75.0 Å². The number of amides is 2. The summed E-state index contributed by atoms with van der Waals surface area (Å²) >= 11 is 0. The molecule has 2 rings (SSSR count). The second-order valence-electron chi connectivity index (χ2n) is 2.84. The maximum atomic E-state index is 11.1. The van der Waals surface area contributed by atoms with Crippen LogP contribution < -0.4 is 5.32 Å². The summed E-state index contributed by atoms with van der Waals surface area (Å²) in [5.41, 5.74) is 0.922. The lowest BCUT2D eigenvalue weighted by molar-refractivity contribution is 0.232. The van der Waals surface area contributed by atoms with Gasteiger partial charge in [0.1, 0.15) is 0 Å². The number of aromatic nitrogens is 1. The van der Waals surface area contributed by atoms with Crippen LogP contribution in [0.2, 0.25) is 0 Å². The van der Waals surface area contributed by atoms with Gasteiger partial charge in [0.05, 0.1) is 12.6 Å². The topological polar surface area (TPSA) is 71.9 Å². The zero-order chi connectivity index (χ0) is 9.26. The lowest BCUT2D eigenvalue weighted by Gasteiger charge is -2.04. The summed E-state index contributed by atoms with van der Waals surface area (Å²) in [5.74, 6) is 0. The molecule has 0 aliphatic carbocycles. The summed E-state index contributed by atoms with van der Waals surface area (Å²) < 4.78 is 0. The van der Waals surface area contributed by atoms with Gasteiger partial charge in [-0.15, -0.1) is 0 Å². The van der Waals surface area contributed by atoms with Crippen molar-refractivity contribution in [2.24, 2.45) is 0 Å². The van der Waals surface area contributed by atoms with Crippen LogP contribution in [0.15, 0.2) is 18.3 Å². The summed E-state index contributed by atoms with van der Waals surface area (Å²) in [6.07, 6.45) is 3.60. The number of hydrogen-bond acceptors (Lipinski definition) is 2. The van der Waals surface area contributed by atoms with E-state index in [4.69, 9.17) is 5.26 Å². The Morgan fingerprint density at radius 2 is 2.54 bits per heavy atom. The van der Waals surface area contributed by atoms with Crippen LogP contribution in [-0.4, -0.2) is 22.5 Å². The molecule has 2 heterocycles. The molecule has 5 heteroatoms. The molecule has 1 atom stereocenters. The monoisotopic (exact) mass is 176 g/mol. The fraction of sp³-hybridized carbons (Fsp3) is 0.250. The molecule has 5 nitrogen and oxygen atoms in total. The van der Waals surface area contributed by atoms with Gasteiger partial charge in [-0.25, -0.2) is 9.69 Å². The molecule has 1 aliphatic rings. The number of nitrogens with zero attached hydrogens (tertiary/aromatic N) is 2. The molecule has 0 bridgehead atoms. The summed E-state index contributed by atoms with van der Waals surface area (Å²) in [7, 11) is 0. The van der Waals surface area contributed by atoms with Crippen molar-refractivity contribution < 1.29 is 4.79 Å². The van der Waals surface area contributed by atoms with Gasteiger partial charge < -0.3 is 10.3 Å². The first-order valence-electron chi connectivity index (χ1n) is 3.92. The van der Waals surface area contributed by atoms with Gasteiger partial charge in [0, 0.05) is 11.9 Å². The number of aromatic amines is 1. The minimum atomic E-state index is -0.331. The SMILES string of the molecule is N#CN1CC(c2ccc[nH]2)NC1=O. The maximum absolute atomic E-state index is 11.1. The first-order valence-corrected chi connectivity index (χ1v) is 3.92. The van der Waals surface area contributed by atoms with Crippen LogP contribution in [0.4, 0.5) is 4.79 Å². The summed E-state index contributed by atoms with van der Waals surface area (Å²) in [6.45, 7) is 0.399. The molecule has 1 aromatic heterocycles. The summed E-state index contributed by atoms with van der Waals surface area (Å²) in [6, 6.07) is 3.31. The predicted octanol–water partition coefficient (Wildman–Crippen LogP) is 0.562. The Kier molecular flexibility index (Phi) is 1.67. The van der Waals surface area contributed by atoms with Gasteiger partial charge >= 0.3 is 6.03 Å².